The minimum Gasteiger partial charge on any atom is -0.444 e. The van der Waals surface area contributed by atoms with Crippen molar-refractivity contribution in [2.24, 2.45) is 0 Å². The van der Waals surface area contributed by atoms with Crippen molar-refractivity contribution in [1.82, 2.24) is 15.2 Å². The second-order valence-corrected chi connectivity index (χ2v) is 15.9. The van der Waals surface area contributed by atoms with Crippen LogP contribution in [0.3, 0.4) is 0 Å². The number of ether oxygens (including phenoxy) is 3. The van der Waals surface area contributed by atoms with Gasteiger partial charge in [-0.3, -0.25) is 9.80 Å². The van der Waals surface area contributed by atoms with Gasteiger partial charge in [0.1, 0.15) is 23.0 Å². The highest BCUT2D eigenvalue weighted by Gasteiger charge is 2.65. The Morgan fingerprint density at radius 1 is 0.878 bits per heavy atom. The van der Waals surface area contributed by atoms with Crippen LogP contribution in [0.2, 0.25) is 0 Å². The van der Waals surface area contributed by atoms with Crippen molar-refractivity contribution < 1.29 is 38.8 Å². The number of likely N-dealkylation sites (tertiary alicyclic amines) is 1. The first-order chi connectivity index (χ1) is 22.8. The molecular formula is C37H50N4O8. The number of aliphatic hydroxyl groups excluding tert-OH is 2. The van der Waals surface area contributed by atoms with Crippen molar-refractivity contribution in [3.05, 3.63) is 65.4 Å². The van der Waals surface area contributed by atoms with Crippen molar-refractivity contribution >= 4 is 34.9 Å². The summed E-state index contributed by atoms with van der Waals surface area (Å²) in [5.74, 6) is 0. The van der Waals surface area contributed by atoms with Crippen LogP contribution < -0.4 is 10.2 Å². The van der Waals surface area contributed by atoms with E-state index in [1.54, 1.807) is 62.3 Å². The number of carbonyl (C=O) groups is 3. The maximum Gasteiger partial charge on any atom is 0.416 e. The molecule has 0 bridgehead atoms. The molecule has 2 aromatic carbocycles. The summed E-state index contributed by atoms with van der Waals surface area (Å²) >= 11 is 0. The summed E-state index contributed by atoms with van der Waals surface area (Å²) in [6, 6.07) is 12.1. The lowest BCUT2D eigenvalue weighted by Crippen LogP contribution is -2.57. The molecule has 1 unspecified atom stereocenters. The van der Waals surface area contributed by atoms with Crippen molar-refractivity contribution in [2.75, 3.05) is 18.1 Å². The Morgan fingerprint density at radius 3 is 2.10 bits per heavy atom. The van der Waals surface area contributed by atoms with Gasteiger partial charge in [0, 0.05) is 17.1 Å². The first-order valence-corrected chi connectivity index (χ1v) is 16.7. The third-order valence-electron chi connectivity index (χ3n) is 8.64. The standard InChI is InChI=1S/C37H50N4O8/c1-34(2,3)47-31(44)39-23(20-42)17-22-19-38-29-25(22)13-12-15-27(29)37-18-24(21-43)40(32(45)48-35(4,5)6)30(37)41(33(46)49-36(7,8)9)28-16-11-10-14-26(28)37/h10-16,19,23-24,30,38,42-43H,17-18,20-21H2,1-9H3,(H,39,44)/t23?,24-,30-,37+/m0/s1. The molecule has 1 aromatic heterocycles. The Bertz CT molecular complexity index is 1720. The van der Waals surface area contributed by atoms with Crippen LogP contribution in [0.4, 0.5) is 20.1 Å². The molecule has 49 heavy (non-hydrogen) atoms. The van der Waals surface area contributed by atoms with Crippen molar-refractivity contribution in [1.29, 1.82) is 0 Å². The van der Waals surface area contributed by atoms with Crippen molar-refractivity contribution in [2.45, 2.75) is 116 Å². The molecule has 1 saturated heterocycles. The lowest BCUT2D eigenvalue weighted by molar-refractivity contribution is 0.00591. The Hall–Kier alpha value is -4.29. The van der Waals surface area contributed by atoms with E-state index in [-0.39, 0.29) is 19.6 Å². The number of fused-ring (bicyclic) bond motifs is 4. The highest BCUT2D eigenvalue weighted by atomic mass is 16.6. The number of anilines is 1. The highest BCUT2D eigenvalue weighted by Crippen LogP contribution is 2.59. The minimum atomic E-state index is -1.01. The van der Waals surface area contributed by atoms with E-state index in [0.717, 1.165) is 27.6 Å². The molecule has 4 atom stereocenters. The SMILES string of the molecule is CC(C)(C)OC(=O)NC(CO)Cc1c[nH]c2c([C@]34C[C@@H](CO)N(C(=O)OC(C)(C)C)[C@H]3N(C(=O)OC(C)(C)C)c3ccccc34)cccc12. The van der Waals surface area contributed by atoms with Gasteiger partial charge in [0.25, 0.3) is 0 Å². The van der Waals surface area contributed by atoms with E-state index in [1.165, 1.54) is 9.80 Å². The molecule has 5 rings (SSSR count). The number of hydrogen-bond acceptors (Lipinski definition) is 8. The number of alkyl carbamates (subject to hydrolysis) is 1. The fraction of sp³-hybridized carbons (Fsp3) is 0.541. The maximum atomic E-state index is 14.2. The number of aliphatic hydroxyl groups is 2. The molecule has 3 amide bonds. The number of H-pyrrole nitrogens is 1. The van der Waals surface area contributed by atoms with E-state index in [0.29, 0.717) is 12.1 Å². The average molecular weight is 679 g/mol. The third-order valence-corrected chi connectivity index (χ3v) is 8.64. The van der Waals surface area contributed by atoms with Gasteiger partial charge in [-0.25, -0.2) is 14.4 Å². The van der Waals surface area contributed by atoms with Crippen molar-refractivity contribution in [3.8, 4) is 0 Å². The predicted molar refractivity (Wildman–Crippen MR) is 186 cm³/mol. The van der Waals surface area contributed by atoms with Crippen molar-refractivity contribution in [3.63, 3.8) is 0 Å². The summed E-state index contributed by atoms with van der Waals surface area (Å²) < 4.78 is 17.3. The van der Waals surface area contributed by atoms with Gasteiger partial charge in [0.15, 0.2) is 0 Å². The normalized spacial score (nSPS) is 21.3. The molecule has 1 fully saturated rings. The number of benzene rings is 2. The molecule has 0 aliphatic carbocycles. The molecule has 2 aliphatic rings. The molecular weight excluding hydrogens is 628 g/mol. The van der Waals surface area contributed by atoms with Crippen LogP contribution in [0.15, 0.2) is 48.7 Å². The van der Waals surface area contributed by atoms with Crippen LogP contribution in [-0.4, -0.2) is 86.6 Å². The second-order valence-electron chi connectivity index (χ2n) is 15.9. The second kappa shape index (κ2) is 12.9. The number of aromatic amines is 1. The van der Waals surface area contributed by atoms with Gasteiger partial charge in [-0.2, -0.15) is 0 Å². The Kier molecular flexibility index (Phi) is 9.46. The predicted octanol–water partition coefficient (Wildman–Crippen LogP) is 5.97. The zero-order chi connectivity index (χ0) is 36.1. The smallest absolute Gasteiger partial charge is 0.416 e. The van der Waals surface area contributed by atoms with E-state index in [2.05, 4.69) is 10.3 Å². The van der Waals surface area contributed by atoms with Crippen LogP contribution in [0.1, 0.15) is 85.4 Å². The number of amides is 3. The first-order valence-electron chi connectivity index (χ1n) is 16.7. The van der Waals surface area contributed by atoms with Crippen LogP contribution in [0, 0.1) is 0 Å². The molecule has 266 valence electrons. The van der Waals surface area contributed by atoms with Gasteiger partial charge in [0.05, 0.1) is 36.4 Å². The monoisotopic (exact) mass is 678 g/mol. The number of hydrogen-bond donors (Lipinski definition) is 4. The van der Waals surface area contributed by atoms with Crippen LogP contribution in [0.5, 0.6) is 0 Å². The van der Waals surface area contributed by atoms with E-state index in [4.69, 9.17) is 14.2 Å². The first kappa shape index (κ1) is 36.0. The van der Waals surface area contributed by atoms with Gasteiger partial charge in [-0.05, 0) is 97.9 Å². The zero-order valence-electron chi connectivity index (χ0n) is 29.9. The molecule has 3 heterocycles. The average Bonchev–Trinajstić information content (AvgIpc) is 3.62. The number of carbonyl (C=O) groups excluding carboxylic acids is 3. The molecule has 0 spiro atoms. The van der Waals surface area contributed by atoms with Gasteiger partial charge in [0.2, 0.25) is 0 Å². The van der Waals surface area contributed by atoms with Gasteiger partial charge >= 0.3 is 18.3 Å². The van der Waals surface area contributed by atoms with E-state index >= 15 is 0 Å². The number of nitrogens with zero attached hydrogens (tertiary/aromatic N) is 2. The quantitative estimate of drug-likeness (QED) is 0.233. The molecule has 12 nitrogen and oxygen atoms in total. The van der Waals surface area contributed by atoms with Crippen LogP contribution >= 0.6 is 0 Å². The largest absolute Gasteiger partial charge is 0.444 e. The zero-order valence-corrected chi connectivity index (χ0v) is 29.9. The maximum absolute atomic E-state index is 14.2. The van der Waals surface area contributed by atoms with Gasteiger partial charge in [-0.15, -0.1) is 0 Å². The molecule has 0 radical (unpaired) electrons. The lowest BCUT2D eigenvalue weighted by atomic mass is 9.71. The molecule has 4 N–H and O–H groups in total. The fourth-order valence-corrected chi connectivity index (χ4v) is 7.07. The molecule has 2 aliphatic heterocycles. The summed E-state index contributed by atoms with van der Waals surface area (Å²) in [6.45, 7) is 15.3. The lowest BCUT2D eigenvalue weighted by Gasteiger charge is -2.39. The Labute approximate surface area is 287 Å². The molecule has 12 heteroatoms. The minimum absolute atomic E-state index is 0.288. The highest BCUT2D eigenvalue weighted by molar-refractivity contribution is 5.97. The van der Waals surface area contributed by atoms with E-state index in [1.807, 2.05) is 48.7 Å². The van der Waals surface area contributed by atoms with Gasteiger partial charge < -0.3 is 34.7 Å². The third kappa shape index (κ3) is 7.07. The summed E-state index contributed by atoms with van der Waals surface area (Å²) in [5, 5.41) is 24.6. The summed E-state index contributed by atoms with van der Waals surface area (Å²) in [7, 11) is 0. The Balaban J connectivity index is 1.67. The topological polar surface area (TPSA) is 154 Å². The fourth-order valence-electron chi connectivity index (χ4n) is 7.07. The van der Waals surface area contributed by atoms with Gasteiger partial charge in [-0.1, -0.05) is 36.4 Å². The Morgan fingerprint density at radius 2 is 1.49 bits per heavy atom. The summed E-state index contributed by atoms with van der Waals surface area (Å²) in [4.78, 5) is 47.2. The molecule has 0 saturated carbocycles. The van der Waals surface area contributed by atoms with Crippen LogP contribution in [0.25, 0.3) is 10.9 Å². The van der Waals surface area contributed by atoms with Crippen LogP contribution in [-0.2, 0) is 26.0 Å². The summed E-state index contributed by atoms with van der Waals surface area (Å²) in [6.07, 6.45) is -0.410. The molecule has 3 aromatic rings. The summed E-state index contributed by atoms with van der Waals surface area (Å²) in [5.41, 5.74) is 0.451. The van der Waals surface area contributed by atoms with E-state index < -0.39 is 58.7 Å². The number of aromatic nitrogens is 1. The number of nitrogens with one attached hydrogen (secondary N) is 2. The number of para-hydroxylation sites is 2. The van der Waals surface area contributed by atoms with E-state index in [9.17, 15) is 24.6 Å². The number of rotatable bonds is 6.